The van der Waals surface area contributed by atoms with Crippen molar-refractivity contribution < 1.29 is 19.0 Å². The molecule has 0 bridgehead atoms. The standard InChI is InChI=1S/C28H30N2O4/c1-32-20-12-13-22(27(14-20)33-2)21-10-6-7-11-26(21)29-28(31)34-18-25-23-16-30(17-24(23)25)15-19-8-4-3-5-9-19/h3-14,23-25H,15-18H2,1-2H3,(H,29,31). The van der Waals surface area contributed by atoms with Crippen molar-refractivity contribution in [1.29, 1.82) is 0 Å². The normalized spacial score (nSPS) is 20.9. The molecule has 1 saturated carbocycles. The average Bonchev–Trinajstić information content (AvgIpc) is 3.33. The zero-order valence-corrected chi connectivity index (χ0v) is 19.6. The lowest BCUT2D eigenvalue weighted by molar-refractivity contribution is 0.145. The second-order valence-corrected chi connectivity index (χ2v) is 9.01. The Hall–Kier alpha value is -3.51. The van der Waals surface area contributed by atoms with Crippen LogP contribution in [-0.2, 0) is 11.3 Å². The van der Waals surface area contributed by atoms with Crippen LogP contribution in [0.5, 0.6) is 11.5 Å². The van der Waals surface area contributed by atoms with E-state index in [1.54, 1.807) is 14.2 Å². The van der Waals surface area contributed by atoms with E-state index in [1.165, 1.54) is 5.56 Å². The molecule has 0 spiro atoms. The number of carbonyl (C=O) groups excluding carboxylic acids is 1. The predicted octanol–water partition coefficient (Wildman–Crippen LogP) is 5.30. The summed E-state index contributed by atoms with van der Waals surface area (Å²) in [7, 11) is 3.24. The fourth-order valence-electron chi connectivity index (χ4n) is 5.12. The second-order valence-electron chi connectivity index (χ2n) is 9.01. The lowest BCUT2D eigenvalue weighted by atomic mass is 10.0. The molecule has 176 valence electrons. The first-order chi connectivity index (χ1) is 16.7. The van der Waals surface area contributed by atoms with Gasteiger partial charge in [0.2, 0.25) is 0 Å². The number of anilines is 1. The van der Waals surface area contributed by atoms with E-state index in [4.69, 9.17) is 14.2 Å². The van der Waals surface area contributed by atoms with E-state index < -0.39 is 6.09 Å². The quantitative estimate of drug-likeness (QED) is 0.497. The van der Waals surface area contributed by atoms with Crippen LogP contribution in [0.15, 0.2) is 72.8 Å². The average molecular weight is 459 g/mol. The Morgan fingerprint density at radius 3 is 2.38 bits per heavy atom. The number of piperidine rings is 1. The molecule has 2 fully saturated rings. The number of para-hydroxylation sites is 1. The van der Waals surface area contributed by atoms with Crippen LogP contribution in [0.2, 0.25) is 0 Å². The van der Waals surface area contributed by atoms with Crippen molar-refractivity contribution in [3.63, 3.8) is 0 Å². The molecule has 1 N–H and O–H groups in total. The molecule has 3 aromatic carbocycles. The van der Waals surface area contributed by atoms with Gasteiger partial charge in [0.25, 0.3) is 0 Å². The Labute approximate surface area is 200 Å². The van der Waals surface area contributed by atoms with Gasteiger partial charge in [0.05, 0.1) is 26.5 Å². The van der Waals surface area contributed by atoms with Gasteiger partial charge in [0.15, 0.2) is 0 Å². The molecule has 3 aromatic rings. The number of fused-ring (bicyclic) bond motifs is 1. The van der Waals surface area contributed by atoms with Crippen molar-refractivity contribution in [3.05, 3.63) is 78.4 Å². The van der Waals surface area contributed by atoms with Gasteiger partial charge in [-0.25, -0.2) is 4.79 Å². The molecular formula is C28H30N2O4. The Balaban J connectivity index is 1.15. The van der Waals surface area contributed by atoms with Gasteiger partial charge in [-0.15, -0.1) is 0 Å². The number of nitrogens with zero attached hydrogens (tertiary/aromatic N) is 1. The summed E-state index contributed by atoms with van der Waals surface area (Å²) in [5, 5.41) is 2.92. The van der Waals surface area contributed by atoms with Crippen molar-refractivity contribution in [2.24, 2.45) is 17.8 Å². The van der Waals surface area contributed by atoms with Gasteiger partial charge >= 0.3 is 6.09 Å². The summed E-state index contributed by atoms with van der Waals surface area (Å²) in [5.41, 5.74) is 3.76. The van der Waals surface area contributed by atoms with E-state index in [-0.39, 0.29) is 0 Å². The highest BCUT2D eigenvalue weighted by atomic mass is 16.5. The summed E-state index contributed by atoms with van der Waals surface area (Å²) < 4.78 is 16.5. The van der Waals surface area contributed by atoms with Crippen LogP contribution >= 0.6 is 0 Å². The SMILES string of the molecule is COc1ccc(-c2ccccc2NC(=O)OCC2C3CN(Cc4ccccc4)CC23)c(OC)c1. The predicted molar refractivity (Wildman–Crippen MR) is 132 cm³/mol. The van der Waals surface area contributed by atoms with Gasteiger partial charge in [-0.1, -0.05) is 48.5 Å². The van der Waals surface area contributed by atoms with Crippen LogP contribution in [0, 0.1) is 17.8 Å². The minimum Gasteiger partial charge on any atom is -0.497 e. The van der Waals surface area contributed by atoms with E-state index >= 15 is 0 Å². The van der Waals surface area contributed by atoms with Gasteiger partial charge in [0, 0.05) is 42.7 Å². The number of methoxy groups -OCH3 is 2. The molecule has 2 unspecified atom stereocenters. The lowest BCUT2D eigenvalue weighted by Gasteiger charge is -2.19. The summed E-state index contributed by atoms with van der Waals surface area (Å²) in [6.07, 6.45) is -0.425. The minimum absolute atomic E-state index is 0.425. The largest absolute Gasteiger partial charge is 0.497 e. The molecule has 2 atom stereocenters. The summed E-state index contributed by atoms with van der Waals surface area (Å²) in [6, 6.07) is 23.9. The highest BCUT2D eigenvalue weighted by Gasteiger charge is 2.55. The highest BCUT2D eigenvalue weighted by Crippen LogP contribution is 2.52. The fraction of sp³-hybridized carbons (Fsp3) is 0.321. The third-order valence-electron chi connectivity index (χ3n) is 6.97. The van der Waals surface area contributed by atoms with Crippen LogP contribution in [0.3, 0.4) is 0 Å². The Morgan fingerprint density at radius 2 is 1.65 bits per heavy atom. The molecule has 0 aromatic heterocycles. The number of ether oxygens (including phenoxy) is 3. The Bertz CT molecular complexity index is 1140. The van der Waals surface area contributed by atoms with Crippen LogP contribution in [0.4, 0.5) is 10.5 Å². The Morgan fingerprint density at radius 1 is 0.912 bits per heavy atom. The van der Waals surface area contributed by atoms with E-state index in [0.717, 1.165) is 30.8 Å². The summed E-state index contributed by atoms with van der Waals surface area (Å²) >= 11 is 0. The van der Waals surface area contributed by atoms with E-state index in [1.807, 2.05) is 42.5 Å². The smallest absolute Gasteiger partial charge is 0.411 e. The third kappa shape index (κ3) is 4.73. The molecule has 6 heteroatoms. The number of rotatable bonds is 8. The number of carbonyl (C=O) groups is 1. The topological polar surface area (TPSA) is 60.0 Å². The van der Waals surface area contributed by atoms with E-state index in [2.05, 4.69) is 40.5 Å². The van der Waals surface area contributed by atoms with Crippen molar-refractivity contribution in [2.45, 2.75) is 6.54 Å². The maximum atomic E-state index is 12.6. The number of likely N-dealkylation sites (tertiary alicyclic amines) is 1. The number of nitrogens with one attached hydrogen (secondary N) is 1. The fourth-order valence-corrected chi connectivity index (χ4v) is 5.12. The summed E-state index contributed by atoms with van der Waals surface area (Å²) in [5.74, 6) is 3.12. The van der Waals surface area contributed by atoms with Crippen LogP contribution in [0.25, 0.3) is 11.1 Å². The van der Waals surface area contributed by atoms with Gasteiger partial charge in [-0.3, -0.25) is 10.2 Å². The third-order valence-corrected chi connectivity index (χ3v) is 6.97. The van der Waals surface area contributed by atoms with Gasteiger partial charge in [-0.05, 0) is 35.6 Å². The van der Waals surface area contributed by atoms with Gasteiger partial charge in [0.1, 0.15) is 11.5 Å². The van der Waals surface area contributed by atoms with Crippen LogP contribution < -0.4 is 14.8 Å². The number of benzene rings is 3. The zero-order valence-electron chi connectivity index (χ0n) is 19.6. The molecule has 5 rings (SSSR count). The molecule has 1 aliphatic heterocycles. The molecule has 1 saturated heterocycles. The van der Waals surface area contributed by atoms with Crippen molar-refractivity contribution in [3.8, 4) is 22.6 Å². The maximum Gasteiger partial charge on any atom is 0.411 e. The van der Waals surface area contributed by atoms with Gasteiger partial charge in [-0.2, -0.15) is 0 Å². The van der Waals surface area contributed by atoms with Gasteiger partial charge < -0.3 is 14.2 Å². The molecule has 34 heavy (non-hydrogen) atoms. The lowest BCUT2D eigenvalue weighted by Crippen LogP contribution is -2.25. The first kappa shape index (κ1) is 22.3. The summed E-state index contributed by atoms with van der Waals surface area (Å²) in [6.45, 7) is 3.62. The first-order valence-electron chi connectivity index (χ1n) is 11.7. The van der Waals surface area contributed by atoms with E-state index in [9.17, 15) is 4.79 Å². The van der Waals surface area contributed by atoms with E-state index in [0.29, 0.717) is 41.5 Å². The number of amides is 1. The number of hydrogen-bond donors (Lipinski definition) is 1. The maximum absolute atomic E-state index is 12.6. The van der Waals surface area contributed by atoms with Crippen LogP contribution in [0.1, 0.15) is 5.56 Å². The minimum atomic E-state index is -0.425. The molecule has 6 nitrogen and oxygen atoms in total. The zero-order chi connectivity index (χ0) is 23.5. The monoisotopic (exact) mass is 458 g/mol. The summed E-state index contributed by atoms with van der Waals surface area (Å²) in [4.78, 5) is 15.1. The molecule has 1 aliphatic carbocycles. The second kappa shape index (κ2) is 9.77. The van der Waals surface area contributed by atoms with Crippen LogP contribution in [-0.4, -0.2) is 44.9 Å². The molecular weight excluding hydrogens is 428 g/mol. The molecule has 2 aliphatic rings. The van der Waals surface area contributed by atoms with Crippen molar-refractivity contribution in [2.75, 3.05) is 39.2 Å². The Kier molecular flexibility index (Phi) is 6.41. The first-order valence-corrected chi connectivity index (χ1v) is 11.7. The molecule has 0 radical (unpaired) electrons. The van der Waals surface area contributed by atoms with Crippen molar-refractivity contribution in [1.82, 2.24) is 4.90 Å². The molecule has 1 heterocycles. The molecule has 1 amide bonds. The van der Waals surface area contributed by atoms with Crippen molar-refractivity contribution >= 4 is 11.8 Å². The number of hydrogen-bond acceptors (Lipinski definition) is 5. The highest BCUT2D eigenvalue weighted by molar-refractivity contribution is 5.92.